The van der Waals surface area contributed by atoms with Crippen molar-refractivity contribution in [3.05, 3.63) is 0 Å². The van der Waals surface area contributed by atoms with E-state index in [0.717, 1.165) is 25.8 Å². The van der Waals surface area contributed by atoms with Crippen molar-refractivity contribution in [2.24, 2.45) is 0 Å². The second-order valence-corrected chi connectivity index (χ2v) is 8.38. The number of carbonyl (C=O) groups excluding carboxylic acids is 3. The summed E-state index contributed by atoms with van der Waals surface area (Å²) in [6.45, 7) is 6.46. The molecule has 8 heteroatoms. The van der Waals surface area contributed by atoms with Crippen LogP contribution in [0.25, 0.3) is 0 Å². The molecule has 26 heavy (non-hydrogen) atoms. The first-order chi connectivity index (χ1) is 12.2. The lowest BCUT2D eigenvalue weighted by Crippen LogP contribution is -2.46. The minimum Gasteiger partial charge on any atom is -0.467 e. The molecule has 1 saturated carbocycles. The Morgan fingerprint density at radius 3 is 2.46 bits per heavy atom. The van der Waals surface area contributed by atoms with E-state index in [0.29, 0.717) is 19.0 Å². The maximum absolute atomic E-state index is 12.5. The van der Waals surface area contributed by atoms with E-state index in [2.05, 4.69) is 5.32 Å². The molecule has 1 N–H and O–H groups in total. The number of methoxy groups -OCH3 is 1. The summed E-state index contributed by atoms with van der Waals surface area (Å²) in [5.74, 6) is -0.324. The first-order valence-corrected chi connectivity index (χ1v) is 9.33. The molecule has 0 aromatic heterocycles. The number of esters is 1. The molecule has 3 atom stereocenters. The Morgan fingerprint density at radius 1 is 1.19 bits per heavy atom. The predicted molar refractivity (Wildman–Crippen MR) is 93.4 cm³/mol. The van der Waals surface area contributed by atoms with Gasteiger partial charge >= 0.3 is 12.1 Å². The van der Waals surface area contributed by atoms with Crippen molar-refractivity contribution in [3.8, 4) is 0 Å². The summed E-state index contributed by atoms with van der Waals surface area (Å²) in [6, 6.07) is -0.653. The molecule has 2 saturated heterocycles. The fraction of sp³-hybridized carbons (Fsp3) is 0.833. The van der Waals surface area contributed by atoms with Gasteiger partial charge in [0.25, 0.3) is 0 Å². The summed E-state index contributed by atoms with van der Waals surface area (Å²) in [5, 5.41) is 3.35. The standard InChI is InChI=1S/C18H29N3O5/c1-18(2,3)26-17(24)21-10-11(9-14(21)16(23)25-4)19-13-7-8-20(15(13)22)12-5-6-12/h11-14,19H,5-10H2,1-4H3/t11-,13-,14+/m1/s1. The average Bonchev–Trinajstić information content (AvgIpc) is 3.20. The van der Waals surface area contributed by atoms with Crippen LogP contribution in [0.4, 0.5) is 4.79 Å². The molecule has 146 valence electrons. The topological polar surface area (TPSA) is 88.2 Å². The van der Waals surface area contributed by atoms with Crippen LogP contribution in [0.15, 0.2) is 0 Å². The molecule has 2 heterocycles. The molecule has 3 fully saturated rings. The molecule has 0 aromatic rings. The molecule has 0 unspecified atom stereocenters. The summed E-state index contributed by atoms with van der Waals surface area (Å²) in [7, 11) is 1.31. The van der Waals surface area contributed by atoms with E-state index < -0.39 is 23.7 Å². The smallest absolute Gasteiger partial charge is 0.411 e. The molecule has 3 rings (SSSR count). The molecular weight excluding hydrogens is 338 g/mol. The zero-order chi connectivity index (χ0) is 19.1. The number of amides is 2. The first kappa shape index (κ1) is 18.9. The Kier molecular flexibility index (Phi) is 5.14. The fourth-order valence-corrected chi connectivity index (χ4v) is 3.73. The van der Waals surface area contributed by atoms with Gasteiger partial charge in [0.1, 0.15) is 11.6 Å². The summed E-state index contributed by atoms with van der Waals surface area (Å²) in [4.78, 5) is 40.5. The summed E-state index contributed by atoms with van der Waals surface area (Å²) in [5.41, 5.74) is -0.643. The number of hydrogen-bond acceptors (Lipinski definition) is 6. The van der Waals surface area contributed by atoms with E-state index in [9.17, 15) is 14.4 Å². The number of ether oxygens (including phenoxy) is 2. The highest BCUT2D eigenvalue weighted by Gasteiger charge is 2.45. The van der Waals surface area contributed by atoms with Gasteiger partial charge in [-0.05, 0) is 46.5 Å². The van der Waals surface area contributed by atoms with Gasteiger partial charge in [-0.25, -0.2) is 9.59 Å². The molecule has 3 aliphatic rings. The van der Waals surface area contributed by atoms with Crippen molar-refractivity contribution in [2.45, 2.75) is 76.2 Å². The zero-order valence-corrected chi connectivity index (χ0v) is 16.0. The lowest BCUT2D eigenvalue weighted by Gasteiger charge is -2.27. The number of rotatable bonds is 4. The first-order valence-electron chi connectivity index (χ1n) is 9.33. The van der Waals surface area contributed by atoms with Crippen molar-refractivity contribution in [1.29, 1.82) is 0 Å². The molecular formula is C18H29N3O5. The van der Waals surface area contributed by atoms with Crippen LogP contribution in [0, 0.1) is 0 Å². The molecule has 8 nitrogen and oxygen atoms in total. The van der Waals surface area contributed by atoms with Crippen LogP contribution in [0.2, 0.25) is 0 Å². The van der Waals surface area contributed by atoms with E-state index in [1.165, 1.54) is 12.0 Å². The van der Waals surface area contributed by atoms with Crippen molar-refractivity contribution in [3.63, 3.8) is 0 Å². The lowest BCUT2D eigenvalue weighted by molar-refractivity contribution is -0.145. The maximum Gasteiger partial charge on any atom is 0.411 e. The molecule has 1 aliphatic carbocycles. The van der Waals surface area contributed by atoms with E-state index in [1.807, 2.05) is 4.90 Å². The number of hydrogen-bond donors (Lipinski definition) is 1. The van der Waals surface area contributed by atoms with Gasteiger partial charge in [0, 0.05) is 25.2 Å². The molecule has 2 amide bonds. The van der Waals surface area contributed by atoms with Gasteiger partial charge in [-0.2, -0.15) is 0 Å². The largest absolute Gasteiger partial charge is 0.467 e. The fourth-order valence-electron chi connectivity index (χ4n) is 3.73. The van der Waals surface area contributed by atoms with Crippen LogP contribution >= 0.6 is 0 Å². The van der Waals surface area contributed by atoms with Gasteiger partial charge in [0.15, 0.2) is 0 Å². The van der Waals surface area contributed by atoms with Crippen LogP contribution in [0.5, 0.6) is 0 Å². The number of carbonyl (C=O) groups is 3. The molecule has 0 spiro atoms. The maximum atomic E-state index is 12.5. The number of nitrogens with zero attached hydrogens (tertiary/aromatic N) is 2. The van der Waals surface area contributed by atoms with Crippen LogP contribution < -0.4 is 5.32 Å². The molecule has 0 bridgehead atoms. The molecule has 0 aromatic carbocycles. The SMILES string of the molecule is COC(=O)[C@@H]1C[C@@H](N[C@@H]2CCN(C3CC3)C2=O)CN1C(=O)OC(C)(C)C. The summed E-state index contributed by atoms with van der Waals surface area (Å²) >= 11 is 0. The monoisotopic (exact) mass is 367 g/mol. The number of likely N-dealkylation sites (tertiary alicyclic amines) is 2. The lowest BCUT2D eigenvalue weighted by atomic mass is 10.1. The minimum absolute atomic E-state index is 0.137. The zero-order valence-electron chi connectivity index (χ0n) is 16.0. The molecule has 2 aliphatic heterocycles. The third-order valence-electron chi connectivity index (χ3n) is 5.07. The Morgan fingerprint density at radius 2 is 1.88 bits per heavy atom. The summed E-state index contributed by atoms with van der Waals surface area (Å²) in [6.07, 6.45) is 2.84. The predicted octanol–water partition coefficient (Wildman–Crippen LogP) is 0.890. The van der Waals surface area contributed by atoms with E-state index in [-0.39, 0.29) is 18.0 Å². The third-order valence-corrected chi connectivity index (χ3v) is 5.07. The van der Waals surface area contributed by atoms with Gasteiger partial charge in [0.2, 0.25) is 5.91 Å². The van der Waals surface area contributed by atoms with Crippen LogP contribution in [-0.2, 0) is 19.1 Å². The van der Waals surface area contributed by atoms with Gasteiger partial charge in [-0.3, -0.25) is 9.69 Å². The van der Waals surface area contributed by atoms with E-state index >= 15 is 0 Å². The highest BCUT2D eigenvalue weighted by atomic mass is 16.6. The van der Waals surface area contributed by atoms with Crippen molar-refractivity contribution >= 4 is 18.0 Å². The van der Waals surface area contributed by atoms with Gasteiger partial charge in [0.05, 0.1) is 13.2 Å². The van der Waals surface area contributed by atoms with Crippen molar-refractivity contribution in [2.75, 3.05) is 20.2 Å². The van der Waals surface area contributed by atoms with Crippen LogP contribution in [0.3, 0.4) is 0 Å². The van der Waals surface area contributed by atoms with E-state index in [4.69, 9.17) is 9.47 Å². The van der Waals surface area contributed by atoms with Gasteiger partial charge in [-0.15, -0.1) is 0 Å². The normalized spacial score (nSPS) is 29.2. The Balaban J connectivity index is 1.63. The average molecular weight is 367 g/mol. The van der Waals surface area contributed by atoms with E-state index in [1.54, 1.807) is 20.8 Å². The Labute approximate surface area is 154 Å². The number of nitrogens with one attached hydrogen (secondary N) is 1. The van der Waals surface area contributed by atoms with Crippen molar-refractivity contribution < 1.29 is 23.9 Å². The third kappa shape index (κ3) is 4.11. The second kappa shape index (κ2) is 7.06. The second-order valence-electron chi connectivity index (χ2n) is 8.38. The van der Waals surface area contributed by atoms with Gasteiger partial charge < -0.3 is 19.7 Å². The van der Waals surface area contributed by atoms with Crippen LogP contribution in [0.1, 0.15) is 46.5 Å². The van der Waals surface area contributed by atoms with Crippen LogP contribution in [-0.4, -0.2) is 77.7 Å². The van der Waals surface area contributed by atoms with Gasteiger partial charge in [-0.1, -0.05) is 0 Å². The molecule has 0 radical (unpaired) electrons. The minimum atomic E-state index is -0.691. The van der Waals surface area contributed by atoms with Crippen molar-refractivity contribution in [1.82, 2.24) is 15.1 Å². The quantitative estimate of drug-likeness (QED) is 0.743. The summed E-state index contributed by atoms with van der Waals surface area (Å²) < 4.78 is 10.3. The highest BCUT2D eigenvalue weighted by molar-refractivity contribution is 5.85. The Bertz CT molecular complexity index is 584. The Hall–Kier alpha value is -1.83. The highest BCUT2D eigenvalue weighted by Crippen LogP contribution is 2.31.